The average molecular weight is 291 g/mol. The van der Waals surface area contributed by atoms with Crippen LogP contribution in [0, 0.1) is 0 Å². The second-order valence-electron chi connectivity index (χ2n) is 5.26. The van der Waals surface area contributed by atoms with Crippen LogP contribution in [0.2, 0.25) is 0 Å². The molecule has 2 N–H and O–H groups in total. The topological polar surface area (TPSA) is 108 Å². The van der Waals surface area contributed by atoms with E-state index in [1.54, 1.807) is 6.92 Å². The molecule has 19 heavy (non-hydrogen) atoms. The van der Waals surface area contributed by atoms with E-state index in [2.05, 4.69) is 10.1 Å². The van der Waals surface area contributed by atoms with Crippen LogP contribution >= 0.6 is 0 Å². The Bertz CT molecular complexity index is 534. The second kappa shape index (κ2) is 5.18. The summed E-state index contributed by atoms with van der Waals surface area (Å²) < 4.78 is 32.4. The minimum Gasteiger partial charge on any atom is -0.379 e. The maximum absolute atomic E-state index is 11.7. The van der Waals surface area contributed by atoms with Crippen LogP contribution in [-0.4, -0.2) is 38.0 Å². The smallest absolute Gasteiger partial charge is 0.247 e. The second-order valence-corrected chi connectivity index (χ2v) is 7.83. The van der Waals surface area contributed by atoms with Crippen LogP contribution in [0.4, 0.5) is 0 Å². The molecule has 1 rings (SSSR count). The molecule has 0 bridgehead atoms. The number of rotatable bonds is 6. The van der Waals surface area contributed by atoms with Crippen molar-refractivity contribution in [1.82, 2.24) is 10.1 Å². The van der Waals surface area contributed by atoms with E-state index in [1.165, 1.54) is 13.8 Å². The summed E-state index contributed by atoms with van der Waals surface area (Å²) in [4.78, 5) is 4.11. The molecular formula is C11H21N3O4S. The fourth-order valence-corrected chi connectivity index (χ4v) is 1.64. The third-order valence-electron chi connectivity index (χ3n) is 2.98. The lowest BCUT2D eigenvalue weighted by Crippen LogP contribution is -2.39. The van der Waals surface area contributed by atoms with Gasteiger partial charge in [0.15, 0.2) is 15.7 Å². The van der Waals surface area contributed by atoms with Gasteiger partial charge in [-0.3, -0.25) is 0 Å². The Balaban J connectivity index is 3.07. The largest absolute Gasteiger partial charge is 0.379 e. The van der Waals surface area contributed by atoms with E-state index in [4.69, 9.17) is 15.0 Å². The van der Waals surface area contributed by atoms with Crippen molar-refractivity contribution in [2.45, 2.75) is 38.0 Å². The third-order valence-corrected chi connectivity index (χ3v) is 5.01. The zero-order valence-electron chi connectivity index (χ0n) is 11.9. The molecule has 0 fully saturated rings. The molecule has 0 spiro atoms. The maximum Gasteiger partial charge on any atom is 0.247 e. The molecule has 1 heterocycles. The number of aromatic nitrogens is 2. The normalized spacial score (nSPS) is 16.3. The Morgan fingerprint density at radius 3 is 2.42 bits per heavy atom. The number of hydrogen-bond acceptors (Lipinski definition) is 7. The van der Waals surface area contributed by atoms with Gasteiger partial charge in [-0.25, -0.2) is 8.42 Å². The van der Waals surface area contributed by atoms with Crippen molar-refractivity contribution in [3.05, 3.63) is 11.7 Å². The first-order valence-electron chi connectivity index (χ1n) is 5.93. The van der Waals surface area contributed by atoms with Gasteiger partial charge < -0.3 is 15.0 Å². The molecule has 8 heteroatoms. The summed E-state index contributed by atoms with van der Waals surface area (Å²) >= 11 is 0. The van der Waals surface area contributed by atoms with Crippen molar-refractivity contribution in [1.29, 1.82) is 0 Å². The van der Waals surface area contributed by atoms with E-state index in [9.17, 15) is 8.42 Å². The quantitative estimate of drug-likeness (QED) is 0.815. The number of nitrogens with two attached hydrogens (primary N) is 1. The van der Waals surface area contributed by atoms with Crippen LogP contribution in [0.1, 0.15) is 39.4 Å². The van der Waals surface area contributed by atoms with E-state index in [-0.39, 0.29) is 18.3 Å². The van der Waals surface area contributed by atoms with E-state index in [0.717, 1.165) is 6.26 Å². The van der Waals surface area contributed by atoms with Gasteiger partial charge >= 0.3 is 0 Å². The zero-order valence-corrected chi connectivity index (χ0v) is 12.7. The minimum atomic E-state index is -3.37. The Labute approximate surface area is 113 Å². The van der Waals surface area contributed by atoms with E-state index < -0.39 is 20.1 Å². The van der Waals surface area contributed by atoms with Crippen LogP contribution in [0.15, 0.2) is 4.52 Å². The molecule has 0 amide bonds. The van der Waals surface area contributed by atoms with Gasteiger partial charge in [-0.05, 0) is 27.7 Å². The molecule has 110 valence electrons. The number of hydrogen-bond donors (Lipinski definition) is 1. The van der Waals surface area contributed by atoms with Gasteiger partial charge in [0.1, 0.15) is 10.3 Å². The van der Waals surface area contributed by atoms with Gasteiger partial charge in [-0.1, -0.05) is 5.16 Å². The van der Waals surface area contributed by atoms with Crippen molar-refractivity contribution in [2.24, 2.45) is 5.73 Å². The lowest BCUT2D eigenvalue weighted by molar-refractivity contribution is 0.0962. The summed E-state index contributed by atoms with van der Waals surface area (Å²) in [5, 5.41) is 3.77. The highest BCUT2D eigenvalue weighted by Gasteiger charge is 2.40. The monoisotopic (exact) mass is 291 g/mol. The molecule has 1 unspecified atom stereocenters. The van der Waals surface area contributed by atoms with Crippen LogP contribution < -0.4 is 5.73 Å². The Kier molecular flexibility index (Phi) is 4.38. The maximum atomic E-state index is 11.7. The lowest BCUT2D eigenvalue weighted by atomic mass is 10.1. The summed E-state index contributed by atoms with van der Waals surface area (Å²) in [6.45, 7) is 7.31. The third kappa shape index (κ3) is 3.31. The predicted octanol–water partition coefficient (Wildman–Crippen LogP) is 0.560. The van der Waals surface area contributed by atoms with Crippen LogP contribution in [0.5, 0.6) is 0 Å². The first-order chi connectivity index (χ1) is 8.52. The highest BCUT2D eigenvalue weighted by molar-refractivity contribution is 7.91. The van der Waals surface area contributed by atoms with Crippen LogP contribution in [-0.2, 0) is 24.9 Å². The predicted molar refractivity (Wildman–Crippen MR) is 70.2 cm³/mol. The van der Waals surface area contributed by atoms with E-state index >= 15 is 0 Å². The fourth-order valence-electron chi connectivity index (χ4n) is 1.24. The highest BCUT2D eigenvalue weighted by atomic mass is 32.2. The average Bonchev–Trinajstić information content (AvgIpc) is 2.75. The van der Waals surface area contributed by atoms with Crippen molar-refractivity contribution < 1.29 is 17.7 Å². The summed E-state index contributed by atoms with van der Waals surface area (Å²) in [6.07, 6.45) is 1.12. The molecule has 1 atom stereocenters. The molecule has 0 aromatic carbocycles. The number of nitrogens with zero attached hydrogens (tertiary/aromatic N) is 2. The van der Waals surface area contributed by atoms with Gasteiger partial charge in [0, 0.05) is 12.9 Å². The molecule has 7 nitrogen and oxygen atoms in total. The Morgan fingerprint density at radius 2 is 1.95 bits per heavy atom. The van der Waals surface area contributed by atoms with Crippen molar-refractivity contribution in [3.63, 3.8) is 0 Å². The SMILES string of the molecule is CCOCC(C)(N)c1noc(C(C)(C)S(C)(=O)=O)n1. The summed E-state index contributed by atoms with van der Waals surface area (Å²) in [5.74, 6) is 0.255. The first-order valence-corrected chi connectivity index (χ1v) is 7.82. The number of sulfone groups is 1. The van der Waals surface area contributed by atoms with Gasteiger partial charge in [0.05, 0.1) is 6.61 Å². The molecule has 0 saturated heterocycles. The first kappa shape index (κ1) is 16.1. The van der Waals surface area contributed by atoms with Crippen molar-refractivity contribution >= 4 is 9.84 Å². The number of ether oxygens (including phenoxy) is 1. The summed E-state index contributed by atoms with van der Waals surface area (Å²) in [5.41, 5.74) is 5.11. The van der Waals surface area contributed by atoms with Crippen molar-refractivity contribution in [3.8, 4) is 0 Å². The molecule has 0 radical (unpaired) electrons. The Morgan fingerprint density at radius 1 is 1.37 bits per heavy atom. The molecular weight excluding hydrogens is 270 g/mol. The van der Waals surface area contributed by atoms with Crippen molar-refractivity contribution in [2.75, 3.05) is 19.5 Å². The van der Waals surface area contributed by atoms with Gasteiger partial charge in [0.25, 0.3) is 0 Å². The lowest BCUT2D eigenvalue weighted by Gasteiger charge is -2.20. The molecule has 1 aromatic rings. The van der Waals surface area contributed by atoms with E-state index in [1.807, 2.05) is 6.92 Å². The summed E-state index contributed by atoms with van der Waals surface area (Å²) in [7, 11) is -3.37. The molecule has 0 aliphatic heterocycles. The molecule has 1 aromatic heterocycles. The molecule has 0 saturated carbocycles. The summed E-state index contributed by atoms with van der Waals surface area (Å²) in [6, 6.07) is 0. The highest BCUT2D eigenvalue weighted by Crippen LogP contribution is 2.28. The molecule has 0 aliphatic rings. The Hall–Kier alpha value is -0.990. The standard InChI is InChI=1S/C11H21N3O4S/c1-6-17-7-11(4,12)8-13-9(18-14-8)10(2,3)19(5,15)16/h6-7,12H2,1-5H3. The van der Waals surface area contributed by atoms with E-state index in [0.29, 0.717) is 6.61 Å². The van der Waals surface area contributed by atoms with Gasteiger partial charge in [-0.2, -0.15) is 4.98 Å². The van der Waals surface area contributed by atoms with Crippen LogP contribution in [0.25, 0.3) is 0 Å². The van der Waals surface area contributed by atoms with Gasteiger partial charge in [-0.15, -0.1) is 0 Å². The zero-order chi connectivity index (χ0) is 14.9. The minimum absolute atomic E-state index is 0.0261. The fraction of sp³-hybridized carbons (Fsp3) is 0.818. The van der Waals surface area contributed by atoms with Crippen LogP contribution in [0.3, 0.4) is 0 Å². The van der Waals surface area contributed by atoms with Gasteiger partial charge in [0.2, 0.25) is 5.89 Å². The molecule has 0 aliphatic carbocycles.